The summed E-state index contributed by atoms with van der Waals surface area (Å²) in [5.74, 6) is 1.32. The van der Waals surface area contributed by atoms with E-state index in [1.165, 1.54) is 12.1 Å². The predicted octanol–water partition coefficient (Wildman–Crippen LogP) is 4.03. The van der Waals surface area contributed by atoms with Gasteiger partial charge in [-0.25, -0.2) is 9.07 Å². The van der Waals surface area contributed by atoms with Crippen LogP contribution in [0.4, 0.5) is 10.2 Å². The molecule has 5 rings (SSSR count). The number of anilines is 1. The molecule has 1 aromatic heterocycles. The van der Waals surface area contributed by atoms with Crippen molar-refractivity contribution in [3.05, 3.63) is 71.7 Å². The van der Waals surface area contributed by atoms with Crippen molar-refractivity contribution >= 4 is 11.7 Å². The number of hydrogen-bond donors (Lipinski definition) is 0. The lowest BCUT2D eigenvalue weighted by molar-refractivity contribution is -0.134. The van der Waals surface area contributed by atoms with Crippen molar-refractivity contribution in [3.63, 3.8) is 0 Å². The summed E-state index contributed by atoms with van der Waals surface area (Å²) in [4.78, 5) is 20.0. The van der Waals surface area contributed by atoms with Crippen molar-refractivity contribution in [2.45, 2.75) is 39.3 Å². The number of piperazine rings is 1. The number of aryl methyl sites for hydroxylation is 1. The predicted molar refractivity (Wildman–Crippen MR) is 138 cm³/mol. The van der Waals surface area contributed by atoms with Gasteiger partial charge in [-0.3, -0.25) is 4.79 Å². The minimum absolute atomic E-state index is 0.00209. The highest BCUT2D eigenvalue weighted by Gasteiger charge is 2.35. The molecule has 2 aromatic carbocycles. The summed E-state index contributed by atoms with van der Waals surface area (Å²) in [6, 6.07) is 16.2. The summed E-state index contributed by atoms with van der Waals surface area (Å²) < 4.78 is 21.8. The molecular formula is C28H34FN5O2. The number of hydrogen-bond acceptors (Lipinski definition) is 5. The second-order valence-electron chi connectivity index (χ2n) is 9.56. The number of halogens is 1. The first-order valence-electron chi connectivity index (χ1n) is 12.8. The zero-order valence-electron chi connectivity index (χ0n) is 21.1. The molecule has 0 N–H and O–H groups in total. The van der Waals surface area contributed by atoms with Gasteiger partial charge in [-0.05, 0) is 56.6 Å². The first-order valence-corrected chi connectivity index (χ1v) is 12.8. The van der Waals surface area contributed by atoms with Crippen LogP contribution in [0.15, 0.2) is 54.6 Å². The quantitative estimate of drug-likeness (QED) is 0.452. The fourth-order valence-electron chi connectivity index (χ4n) is 4.84. The number of aromatic nitrogens is 2. The third kappa shape index (κ3) is 5.38. The molecule has 2 aliphatic rings. The fourth-order valence-corrected chi connectivity index (χ4v) is 4.84. The largest absolute Gasteiger partial charge is 0.484 e. The Hall–Kier alpha value is -3.39. The molecule has 0 spiro atoms. The number of carbonyl (C=O) groups is 1. The first kappa shape index (κ1) is 24.3. The summed E-state index contributed by atoms with van der Waals surface area (Å²) in [6.45, 7) is 9.28. The van der Waals surface area contributed by atoms with E-state index in [0.717, 1.165) is 62.6 Å². The van der Waals surface area contributed by atoms with Gasteiger partial charge >= 0.3 is 0 Å². The van der Waals surface area contributed by atoms with Crippen molar-refractivity contribution in [1.82, 2.24) is 19.6 Å². The van der Waals surface area contributed by atoms with E-state index in [1.807, 2.05) is 52.9 Å². The molecular weight excluding hydrogens is 457 g/mol. The van der Waals surface area contributed by atoms with Gasteiger partial charge in [0, 0.05) is 37.8 Å². The highest BCUT2D eigenvalue weighted by Crippen LogP contribution is 2.34. The van der Waals surface area contributed by atoms with Crippen molar-refractivity contribution in [2.75, 3.05) is 44.2 Å². The van der Waals surface area contributed by atoms with Crippen LogP contribution in [-0.4, -0.2) is 70.9 Å². The van der Waals surface area contributed by atoms with E-state index in [4.69, 9.17) is 9.84 Å². The minimum Gasteiger partial charge on any atom is -0.484 e. The van der Waals surface area contributed by atoms with Crippen LogP contribution < -0.4 is 9.64 Å². The highest BCUT2D eigenvalue weighted by atomic mass is 19.1. The van der Waals surface area contributed by atoms with E-state index in [0.29, 0.717) is 18.0 Å². The van der Waals surface area contributed by atoms with Crippen molar-refractivity contribution in [3.8, 4) is 11.4 Å². The number of benzene rings is 2. The van der Waals surface area contributed by atoms with Gasteiger partial charge < -0.3 is 19.4 Å². The minimum atomic E-state index is -0.295. The lowest BCUT2D eigenvalue weighted by Crippen LogP contribution is -2.47. The molecule has 1 aliphatic carbocycles. The second-order valence-corrected chi connectivity index (χ2v) is 9.56. The Morgan fingerprint density at radius 2 is 1.83 bits per heavy atom. The Morgan fingerprint density at radius 3 is 2.50 bits per heavy atom. The van der Waals surface area contributed by atoms with Crippen molar-refractivity contribution < 1.29 is 13.9 Å². The number of ether oxygens (including phenoxy) is 1. The topological polar surface area (TPSA) is 53.8 Å². The molecule has 190 valence electrons. The molecule has 0 bridgehead atoms. The summed E-state index contributed by atoms with van der Waals surface area (Å²) in [5.41, 5.74) is 2.56. The molecule has 36 heavy (non-hydrogen) atoms. The Bertz CT molecular complexity index is 1190. The van der Waals surface area contributed by atoms with Crippen LogP contribution in [-0.2, 0) is 11.3 Å². The van der Waals surface area contributed by atoms with E-state index in [1.54, 1.807) is 6.07 Å². The Kier molecular flexibility index (Phi) is 7.23. The van der Waals surface area contributed by atoms with Gasteiger partial charge in [0.05, 0.1) is 17.9 Å². The zero-order chi connectivity index (χ0) is 25.1. The van der Waals surface area contributed by atoms with Gasteiger partial charge in [0.1, 0.15) is 17.4 Å². The maximum atomic E-state index is 14.2. The monoisotopic (exact) mass is 491 g/mol. The molecule has 1 amide bonds. The third-order valence-electron chi connectivity index (χ3n) is 7.07. The van der Waals surface area contributed by atoms with Crippen LogP contribution in [0.5, 0.6) is 5.75 Å². The first-order chi connectivity index (χ1) is 17.5. The van der Waals surface area contributed by atoms with Crippen LogP contribution in [0.3, 0.4) is 0 Å². The lowest BCUT2D eigenvalue weighted by atomic mass is 10.1. The van der Waals surface area contributed by atoms with Crippen molar-refractivity contribution in [2.24, 2.45) is 0 Å². The fraction of sp³-hybridized carbons (Fsp3) is 0.429. The molecule has 1 saturated heterocycles. The van der Waals surface area contributed by atoms with Gasteiger partial charge in [0.2, 0.25) is 0 Å². The summed E-state index contributed by atoms with van der Waals surface area (Å²) in [7, 11) is 0. The Morgan fingerprint density at radius 1 is 1.08 bits per heavy atom. The lowest BCUT2D eigenvalue weighted by Gasteiger charge is -2.36. The molecule has 1 aliphatic heterocycles. The number of likely N-dealkylation sites (N-methyl/N-ethyl adjacent to an activating group) is 1. The average Bonchev–Trinajstić information content (AvgIpc) is 3.69. The summed E-state index contributed by atoms with van der Waals surface area (Å²) in [5, 5.41) is 4.85. The van der Waals surface area contributed by atoms with Gasteiger partial charge in [0.25, 0.3) is 5.91 Å². The van der Waals surface area contributed by atoms with Crippen LogP contribution >= 0.6 is 0 Å². The van der Waals surface area contributed by atoms with Crippen molar-refractivity contribution in [1.29, 1.82) is 0 Å². The standard InChI is InChI=1S/C28H34FN5O2/c1-3-31-14-16-32(17-15-31)28-26(21(2)30-34(28)24-9-7-8-22(29)18-24)19-33(23-12-13-23)27(35)20-36-25-10-5-4-6-11-25/h4-11,18,23H,3,12-17,19-20H2,1-2H3. The zero-order valence-corrected chi connectivity index (χ0v) is 21.1. The number of para-hydroxylation sites is 1. The van der Waals surface area contributed by atoms with Gasteiger partial charge in [-0.2, -0.15) is 5.10 Å². The van der Waals surface area contributed by atoms with E-state index in [2.05, 4.69) is 16.7 Å². The molecule has 2 heterocycles. The summed E-state index contributed by atoms with van der Waals surface area (Å²) in [6.07, 6.45) is 2.00. The van der Waals surface area contributed by atoms with Crippen LogP contribution in [0.2, 0.25) is 0 Å². The highest BCUT2D eigenvalue weighted by molar-refractivity contribution is 5.79. The number of rotatable bonds is 9. The van der Waals surface area contributed by atoms with Crippen LogP contribution in [0.1, 0.15) is 31.0 Å². The molecule has 0 unspecified atom stereocenters. The molecule has 7 nitrogen and oxygen atoms in total. The van der Waals surface area contributed by atoms with E-state index in [-0.39, 0.29) is 24.4 Å². The molecule has 8 heteroatoms. The maximum Gasteiger partial charge on any atom is 0.261 e. The molecule has 3 aromatic rings. The van der Waals surface area contributed by atoms with E-state index >= 15 is 0 Å². The summed E-state index contributed by atoms with van der Waals surface area (Å²) >= 11 is 0. The number of carbonyl (C=O) groups excluding carboxylic acids is 1. The molecule has 0 atom stereocenters. The van der Waals surface area contributed by atoms with Gasteiger partial charge in [0.15, 0.2) is 6.61 Å². The number of nitrogens with zero attached hydrogens (tertiary/aromatic N) is 5. The maximum absolute atomic E-state index is 14.2. The smallest absolute Gasteiger partial charge is 0.261 e. The molecule has 0 radical (unpaired) electrons. The molecule has 1 saturated carbocycles. The average molecular weight is 492 g/mol. The van der Waals surface area contributed by atoms with Crippen LogP contribution in [0, 0.1) is 12.7 Å². The van der Waals surface area contributed by atoms with Gasteiger partial charge in [-0.1, -0.05) is 31.2 Å². The van der Waals surface area contributed by atoms with E-state index in [9.17, 15) is 9.18 Å². The molecule has 2 fully saturated rings. The number of amides is 1. The van der Waals surface area contributed by atoms with Crippen LogP contribution in [0.25, 0.3) is 5.69 Å². The third-order valence-corrected chi connectivity index (χ3v) is 7.07. The Labute approximate surface area is 212 Å². The SMILES string of the molecule is CCN1CCN(c2c(CN(C(=O)COc3ccccc3)C3CC3)c(C)nn2-c2cccc(F)c2)CC1. The normalized spacial score (nSPS) is 16.2. The van der Waals surface area contributed by atoms with Gasteiger partial charge in [-0.15, -0.1) is 0 Å². The Balaban J connectivity index is 1.44. The van der Waals surface area contributed by atoms with E-state index < -0.39 is 0 Å². The second kappa shape index (κ2) is 10.7.